The predicted octanol–water partition coefficient (Wildman–Crippen LogP) is 4.26. The molecule has 0 spiro atoms. The second-order valence-corrected chi connectivity index (χ2v) is 8.04. The molecule has 1 aliphatic carbocycles. The number of benzene rings is 1. The van der Waals surface area contributed by atoms with Gasteiger partial charge < -0.3 is 13.9 Å². The average Bonchev–Trinajstić information content (AvgIpc) is 3.35. The van der Waals surface area contributed by atoms with Crippen molar-refractivity contribution < 1.29 is 23.5 Å². The molecule has 0 N–H and O–H groups in total. The van der Waals surface area contributed by atoms with Gasteiger partial charge in [0.2, 0.25) is 5.91 Å². The van der Waals surface area contributed by atoms with E-state index in [9.17, 15) is 9.59 Å². The molecule has 158 valence electrons. The topological polar surface area (TPSA) is 81.9 Å². The lowest BCUT2D eigenvalue weighted by Gasteiger charge is -2.14. The number of anilines is 1. The molecule has 2 aromatic heterocycles. The van der Waals surface area contributed by atoms with E-state index < -0.39 is 5.97 Å². The molecule has 30 heavy (non-hydrogen) atoms. The number of furan rings is 1. The monoisotopic (exact) mass is 428 g/mol. The smallest absolute Gasteiger partial charge is 0.344 e. The highest BCUT2D eigenvalue weighted by Gasteiger charge is 2.18. The van der Waals surface area contributed by atoms with Gasteiger partial charge in [-0.15, -0.1) is 11.3 Å². The maximum absolute atomic E-state index is 12.1. The van der Waals surface area contributed by atoms with Crippen LogP contribution in [0.25, 0.3) is 11.0 Å². The second-order valence-electron chi connectivity index (χ2n) is 7.20. The average molecular weight is 429 g/mol. The zero-order valence-electron chi connectivity index (χ0n) is 17.1. The van der Waals surface area contributed by atoms with E-state index in [4.69, 9.17) is 13.9 Å². The fraction of sp³-hybridized carbons (Fsp3) is 0.409. The summed E-state index contributed by atoms with van der Waals surface area (Å²) < 4.78 is 16.8. The van der Waals surface area contributed by atoms with E-state index in [0.29, 0.717) is 23.1 Å². The molecule has 1 aliphatic rings. The highest BCUT2D eigenvalue weighted by Crippen LogP contribution is 2.34. The molecular weight excluding hydrogens is 404 g/mol. The van der Waals surface area contributed by atoms with Crippen LogP contribution < -0.4 is 9.64 Å². The van der Waals surface area contributed by atoms with Crippen LogP contribution in [0.3, 0.4) is 0 Å². The summed E-state index contributed by atoms with van der Waals surface area (Å²) in [5.41, 5.74) is 2.73. The van der Waals surface area contributed by atoms with Crippen LogP contribution in [-0.2, 0) is 33.8 Å². The van der Waals surface area contributed by atoms with Gasteiger partial charge in [-0.3, -0.25) is 9.69 Å². The largest absolute Gasteiger partial charge is 0.482 e. The number of aromatic nitrogens is 1. The maximum atomic E-state index is 12.1. The molecule has 0 saturated carbocycles. The molecule has 0 unspecified atom stereocenters. The Bertz CT molecular complexity index is 1070. The van der Waals surface area contributed by atoms with Gasteiger partial charge in [0.15, 0.2) is 11.7 Å². The van der Waals surface area contributed by atoms with Crippen LogP contribution in [0.1, 0.15) is 43.7 Å². The van der Waals surface area contributed by atoms with E-state index in [-0.39, 0.29) is 19.1 Å². The number of carbonyl (C=O) groups is 2. The number of nitrogens with zero attached hydrogens (tertiary/aromatic N) is 2. The molecule has 2 heterocycles. The van der Waals surface area contributed by atoms with E-state index in [0.717, 1.165) is 36.0 Å². The van der Waals surface area contributed by atoms with Crippen molar-refractivity contribution in [2.75, 3.05) is 18.1 Å². The highest BCUT2D eigenvalue weighted by molar-refractivity contribution is 7.14. The van der Waals surface area contributed by atoms with Gasteiger partial charge in [-0.05, 0) is 44.4 Å². The Balaban J connectivity index is 1.32. The van der Waals surface area contributed by atoms with Gasteiger partial charge in [-0.25, -0.2) is 9.78 Å². The van der Waals surface area contributed by atoms with Gasteiger partial charge in [0.1, 0.15) is 23.7 Å². The van der Waals surface area contributed by atoms with Crippen LogP contribution in [0.4, 0.5) is 5.13 Å². The number of hydrogen-bond acceptors (Lipinski definition) is 7. The lowest BCUT2D eigenvalue weighted by Crippen LogP contribution is -2.27. The van der Waals surface area contributed by atoms with Crippen molar-refractivity contribution in [1.29, 1.82) is 0 Å². The third-order valence-corrected chi connectivity index (χ3v) is 6.04. The summed E-state index contributed by atoms with van der Waals surface area (Å²) >= 11 is 1.35. The van der Waals surface area contributed by atoms with Crippen molar-refractivity contribution in [3.8, 4) is 5.75 Å². The standard InChI is InChI=1S/C22H24N2O5S/c1-3-24(14(2)25)22-23-15(13-30-22)11-28-21(26)12-27-16-8-9-20-18(10-16)17-6-4-5-7-19(17)29-20/h8-10,13H,3-7,11-12H2,1-2H3. The van der Waals surface area contributed by atoms with Crippen molar-refractivity contribution in [3.05, 3.63) is 40.6 Å². The highest BCUT2D eigenvalue weighted by atomic mass is 32.1. The molecule has 1 amide bonds. The quantitative estimate of drug-likeness (QED) is 0.523. The minimum atomic E-state index is -0.474. The van der Waals surface area contributed by atoms with Crippen LogP contribution in [-0.4, -0.2) is 30.0 Å². The molecule has 0 atom stereocenters. The predicted molar refractivity (Wildman–Crippen MR) is 114 cm³/mol. The van der Waals surface area contributed by atoms with E-state index in [2.05, 4.69) is 4.98 Å². The van der Waals surface area contributed by atoms with Crippen LogP contribution in [0.5, 0.6) is 5.75 Å². The number of thiazole rings is 1. The van der Waals surface area contributed by atoms with Crippen LogP contribution in [0.2, 0.25) is 0 Å². The summed E-state index contributed by atoms with van der Waals surface area (Å²) in [6.07, 6.45) is 4.32. The Kier molecular flexibility index (Phi) is 6.03. The summed E-state index contributed by atoms with van der Waals surface area (Å²) in [6.45, 7) is 3.79. The first-order valence-electron chi connectivity index (χ1n) is 10.1. The molecule has 0 saturated heterocycles. The molecule has 8 heteroatoms. The number of amides is 1. The Morgan fingerprint density at radius 3 is 2.90 bits per heavy atom. The van der Waals surface area contributed by atoms with Crippen LogP contribution >= 0.6 is 11.3 Å². The van der Waals surface area contributed by atoms with E-state index >= 15 is 0 Å². The molecular formula is C22H24N2O5S. The maximum Gasteiger partial charge on any atom is 0.344 e. The van der Waals surface area contributed by atoms with Crippen molar-refractivity contribution >= 4 is 39.3 Å². The minimum Gasteiger partial charge on any atom is -0.482 e. The third kappa shape index (κ3) is 4.33. The Morgan fingerprint density at radius 1 is 1.27 bits per heavy atom. The molecule has 0 fully saturated rings. The number of carbonyl (C=O) groups excluding carboxylic acids is 2. The third-order valence-electron chi connectivity index (χ3n) is 5.13. The summed E-state index contributed by atoms with van der Waals surface area (Å²) in [5.74, 6) is 1.14. The lowest BCUT2D eigenvalue weighted by molar-refractivity contribution is -0.147. The van der Waals surface area contributed by atoms with Crippen molar-refractivity contribution in [3.63, 3.8) is 0 Å². The fourth-order valence-corrected chi connectivity index (χ4v) is 4.57. The van der Waals surface area contributed by atoms with Crippen LogP contribution in [0, 0.1) is 0 Å². The first-order valence-corrected chi connectivity index (χ1v) is 11.0. The van der Waals surface area contributed by atoms with Gasteiger partial charge in [0.25, 0.3) is 0 Å². The molecule has 3 aromatic rings. The molecule has 0 aliphatic heterocycles. The zero-order chi connectivity index (χ0) is 21.1. The first kappa shape index (κ1) is 20.4. The molecule has 1 aromatic carbocycles. The number of aryl methyl sites for hydroxylation is 2. The fourth-order valence-electron chi connectivity index (χ4n) is 3.65. The summed E-state index contributed by atoms with van der Waals surface area (Å²) in [5, 5.41) is 3.45. The Morgan fingerprint density at radius 2 is 2.10 bits per heavy atom. The number of ether oxygens (including phenoxy) is 2. The zero-order valence-corrected chi connectivity index (χ0v) is 17.9. The van der Waals surface area contributed by atoms with Crippen molar-refractivity contribution in [2.45, 2.75) is 46.1 Å². The Hall–Kier alpha value is -2.87. The molecule has 0 radical (unpaired) electrons. The van der Waals surface area contributed by atoms with E-state index in [1.54, 1.807) is 16.3 Å². The molecule has 0 bridgehead atoms. The summed E-state index contributed by atoms with van der Waals surface area (Å²) in [6, 6.07) is 5.63. The van der Waals surface area contributed by atoms with Crippen LogP contribution in [0.15, 0.2) is 28.0 Å². The van der Waals surface area contributed by atoms with Crippen molar-refractivity contribution in [2.24, 2.45) is 0 Å². The van der Waals surface area contributed by atoms with Gasteiger partial charge >= 0.3 is 5.97 Å². The Labute approximate surface area is 178 Å². The van der Waals surface area contributed by atoms with Gasteiger partial charge in [-0.2, -0.15) is 0 Å². The normalized spacial score (nSPS) is 13.1. The SMILES string of the molecule is CCN(C(C)=O)c1nc(COC(=O)COc2ccc3oc4c(c3c2)CCCC4)cs1. The van der Waals surface area contributed by atoms with E-state index in [1.807, 2.05) is 19.1 Å². The summed E-state index contributed by atoms with van der Waals surface area (Å²) in [7, 11) is 0. The van der Waals surface area contributed by atoms with E-state index in [1.165, 1.54) is 30.2 Å². The number of hydrogen-bond donors (Lipinski definition) is 0. The van der Waals surface area contributed by atoms with Gasteiger partial charge in [0.05, 0.1) is 5.69 Å². The first-order chi connectivity index (χ1) is 14.5. The second kappa shape index (κ2) is 8.87. The molecule has 4 rings (SSSR count). The van der Waals surface area contributed by atoms with Gasteiger partial charge in [-0.1, -0.05) is 0 Å². The van der Waals surface area contributed by atoms with Gasteiger partial charge in [0, 0.05) is 36.2 Å². The number of rotatable bonds is 7. The lowest BCUT2D eigenvalue weighted by atomic mass is 9.96. The number of fused-ring (bicyclic) bond motifs is 3. The van der Waals surface area contributed by atoms with Crippen molar-refractivity contribution in [1.82, 2.24) is 4.98 Å². The molecule has 7 nitrogen and oxygen atoms in total. The summed E-state index contributed by atoms with van der Waals surface area (Å²) in [4.78, 5) is 29.6. The minimum absolute atomic E-state index is 0.0441. The number of esters is 1.